The van der Waals surface area contributed by atoms with Crippen molar-refractivity contribution < 1.29 is 9.90 Å². The Balaban J connectivity index is 2.56. The van der Waals surface area contributed by atoms with E-state index in [-0.39, 0.29) is 6.61 Å². The fourth-order valence-electron chi connectivity index (χ4n) is 0.277. The van der Waals surface area contributed by atoms with Gasteiger partial charge in [0, 0.05) is 6.61 Å². The predicted octanol–water partition coefficient (Wildman–Crippen LogP) is -0.319. The van der Waals surface area contributed by atoms with Gasteiger partial charge in [-0.15, -0.1) is 0 Å². The molecule has 7 heavy (non-hydrogen) atoms. The molecule has 0 amide bonds. The molecule has 0 aliphatic rings. The van der Waals surface area contributed by atoms with Crippen LogP contribution in [0.5, 0.6) is 0 Å². The highest BCUT2D eigenvalue weighted by Gasteiger charge is 1.84. The van der Waals surface area contributed by atoms with Gasteiger partial charge in [0.1, 0.15) is 0 Å². The first-order valence-electron chi connectivity index (χ1n) is 2.29. The Kier molecular flexibility index (Phi) is 5.45. The third-order valence-electron chi connectivity index (χ3n) is 0.625. The normalized spacial score (nSPS) is 8.14. The molecule has 0 aromatic carbocycles. The Morgan fingerprint density at radius 2 is 2.43 bits per heavy atom. The number of rotatable bonds is 4. The minimum absolute atomic E-state index is 0.171. The van der Waals surface area contributed by atoms with Gasteiger partial charge >= 0.3 is 0 Å². The van der Waals surface area contributed by atoms with Gasteiger partial charge in [-0.2, -0.15) is 0 Å². The first kappa shape index (κ1) is 6.69. The summed E-state index contributed by atoms with van der Waals surface area (Å²) < 4.78 is 0. The Labute approximate surface area is 43.8 Å². The average Bonchev–Trinajstić information content (AvgIpc) is 1.69. The zero-order chi connectivity index (χ0) is 5.54. The van der Waals surface area contributed by atoms with E-state index in [1.54, 1.807) is 0 Å². The van der Waals surface area contributed by atoms with Crippen LogP contribution in [0.4, 0.5) is 0 Å². The van der Waals surface area contributed by atoms with Crippen LogP contribution >= 0.6 is 0 Å². The van der Waals surface area contributed by atoms with Crippen molar-refractivity contribution in [3.8, 4) is 0 Å². The van der Waals surface area contributed by atoms with Gasteiger partial charge in [-0.3, -0.25) is 0 Å². The molecule has 0 heterocycles. The Hall–Kier alpha value is -0.305. The molecular weight excluding hydrogens is 90.9 g/mol. The number of aliphatic hydroxyl groups excluding tert-OH is 1. The largest absolute Gasteiger partial charge is 0.396 e. The Bertz CT molecular complexity index is 47.0. The number of carbonyl (C=O) groups excluding carboxylic acids is 1. The van der Waals surface area contributed by atoms with Crippen molar-refractivity contribution in [3.63, 3.8) is 0 Å². The third-order valence-corrected chi connectivity index (χ3v) is 0.625. The Morgan fingerprint density at radius 3 is 2.86 bits per heavy atom. The molecule has 3 heteroatoms. The predicted molar refractivity (Wildman–Crippen MR) is 29.0 cm³/mol. The molecule has 0 aliphatic heterocycles. The van der Waals surface area contributed by atoms with E-state index in [9.17, 15) is 4.79 Å². The zero-order valence-electron chi connectivity index (χ0n) is 4.13. The molecule has 0 saturated carbocycles. The molecule has 1 radical (unpaired) electrons. The Morgan fingerprint density at radius 1 is 1.71 bits per heavy atom. The summed E-state index contributed by atoms with van der Waals surface area (Å²) in [5.41, 5.74) is 0. The summed E-state index contributed by atoms with van der Waals surface area (Å²) in [5, 5.41) is 8.16. The van der Waals surface area contributed by atoms with Crippen molar-refractivity contribution in [1.29, 1.82) is 0 Å². The van der Waals surface area contributed by atoms with Crippen LogP contribution in [-0.2, 0) is 4.79 Å². The van der Waals surface area contributed by atoms with Crippen LogP contribution < -0.4 is 0 Å². The van der Waals surface area contributed by atoms with Crippen molar-refractivity contribution in [3.05, 3.63) is 0 Å². The summed E-state index contributed by atoms with van der Waals surface area (Å²) >= 11 is 0. The van der Waals surface area contributed by atoms with Crippen molar-refractivity contribution >= 4 is 13.5 Å². The first-order valence-corrected chi connectivity index (χ1v) is 2.29. The molecule has 0 aromatic heterocycles. The molecule has 0 fully saturated rings. The number of carbonyl (C=O) groups is 1. The minimum Gasteiger partial charge on any atom is -0.396 e. The van der Waals surface area contributed by atoms with Crippen LogP contribution in [0.1, 0.15) is 6.42 Å². The lowest BCUT2D eigenvalue weighted by Crippen LogP contribution is -1.91. The molecule has 0 bridgehead atoms. The smallest absolute Gasteiger partial charge is 0.197 e. The molecule has 0 aliphatic carbocycles. The van der Waals surface area contributed by atoms with E-state index in [2.05, 4.69) is 0 Å². The van der Waals surface area contributed by atoms with E-state index in [0.717, 1.165) is 6.19 Å². The highest BCUT2D eigenvalue weighted by Crippen LogP contribution is 1.81. The summed E-state index contributed by atoms with van der Waals surface area (Å²) in [4.78, 5) is 9.54. The van der Waals surface area contributed by atoms with E-state index < -0.39 is 0 Å². The molecular formula is C4H8BO2. The van der Waals surface area contributed by atoms with Gasteiger partial charge < -0.3 is 9.90 Å². The van der Waals surface area contributed by atoms with Crippen LogP contribution in [0, 0.1) is 0 Å². The quantitative estimate of drug-likeness (QED) is 0.298. The summed E-state index contributed by atoms with van der Waals surface area (Å²) in [7, 11) is 1.50. The second kappa shape index (κ2) is 5.69. The molecule has 1 N–H and O–H groups in total. The summed E-state index contributed by atoms with van der Waals surface area (Å²) in [6.07, 6.45) is 2.13. The molecule has 39 valence electrons. The average molecular weight is 98.9 g/mol. The van der Waals surface area contributed by atoms with Crippen LogP contribution in [0.3, 0.4) is 0 Å². The van der Waals surface area contributed by atoms with Crippen LogP contribution in [0.15, 0.2) is 0 Å². The number of hydrogen-bond acceptors (Lipinski definition) is 2. The SMILES string of the molecule is O=C[B]CCCO. The third kappa shape index (κ3) is 5.69. The molecule has 2 nitrogen and oxygen atoms in total. The van der Waals surface area contributed by atoms with Crippen LogP contribution in [0.25, 0.3) is 0 Å². The summed E-state index contributed by atoms with van der Waals surface area (Å²) in [5.74, 6) is 0. The summed E-state index contributed by atoms with van der Waals surface area (Å²) in [6.45, 7) is 0.171. The topological polar surface area (TPSA) is 37.3 Å². The van der Waals surface area contributed by atoms with Crippen molar-refractivity contribution in [2.24, 2.45) is 0 Å². The molecule has 0 atom stereocenters. The van der Waals surface area contributed by atoms with Gasteiger partial charge in [0.15, 0.2) is 7.28 Å². The van der Waals surface area contributed by atoms with Gasteiger partial charge in [-0.05, 0) is 6.42 Å². The zero-order valence-corrected chi connectivity index (χ0v) is 4.13. The maximum atomic E-state index is 9.54. The molecule has 0 saturated heterocycles. The molecule has 0 unspecified atom stereocenters. The van der Waals surface area contributed by atoms with E-state index in [4.69, 9.17) is 5.11 Å². The molecule has 0 rings (SSSR count). The lowest BCUT2D eigenvalue weighted by molar-refractivity contribution is 0.295. The van der Waals surface area contributed by atoms with Gasteiger partial charge in [-0.25, -0.2) is 0 Å². The lowest BCUT2D eigenvalue weighted by atomic mass is 9.76. The van der Waals surface area contributed by atoms with Gasteiger partial charge in [0.05, 0.1) is 6.19 Å². The van der Waals surface area contributed by atoms with Crippen molar-refractivity contribution in [2.75, 3.05) is 6.61 Å². The van der Waals surface area contributed by atoms with E-state index >= 15 is 0 Å². The maximum Gasteiger partial charge on any atom is 0.197 e. The van der Waals surface area contributed by atoms with E-state index in [1.165, 1.54) is 7.28 Å². The van der Waals surface area contributed by atoms with Crippen LogP contribution in [-0.4, -0.2) is 25.2 Å². The molecule has 0 spiro atoms. The molecule has 0 aromatic rings. The fraction of sp³-hybridized carbons (Fsp3) is 0.750. The van der Waals surface area contributed by atoms with Crippen molar-refractivity contribution in [2.45, 2.75) is 12.7 Å². The highest BCUT2D eigenvalue weighted by molar-refractivity contribution is 6.66. The van der Waals surface area contributed by atoms with Gasteiger partial charge in [0.2, 0.25) is 0 Å². The second-order valence-corrected chi connectivity index (χ2v) is 1.24. The minimum atomic E-state index is 0.171. The van der Waals surface area contributed by atoms with E-state index in [0.29, 0.717) is 12.7 Å². The lowest BCUT2D eigenvalue weighted by Gasteiger charge is -1.83. The van der Waals surface area contributed by atoms with E-state index in [1.807, 2.05) is 0 Å². The maximum absolute atomic E-state index is 9.54. The first-order chi connectivity index (χ1) is 3.41. The standard InChI is InChI=1S/C4H8BO2/c6-3-1-2-5-4-7/h4,6H,1-3H2. The second-order valence-electron chi connectivity index (χ2n) is 1.24. The number of hydrogen-bond donors (Lipinski definition) is 1. The monoisotopic (exact) mass is 99.1 g/mol. The summed E-state index contributed by atoms with van der Waals surface area (Å²) in [6, 6.07) is 0. The fourth-order valence-corrected chi connectivity index (χ4v) is 0.277. The number of aliphatic hydroxyl groups is 1. The highest BCUT2D eigenvalue weighted by atomic mass is 16.2. The van der Waals surface area contributed by atoms with Gasteiger partial charge in [-0.1, -0.05) is 6.32 Å². The van der Waals surface area contributed by atoms with Crippen LogP contribution in [0.2, 0.25) is 6.32 Å². The van der Waals surface area contributed by atoms with Gasteiger partial charge in [0.25, 0.3) is 0 Å². The van der Waals surface area contributed by atoms with Crippen molar-refractivity contribution in [1.82, 2.24) is 0 Å².